The lowest BCUT2D eigenvalue weighted by atomic mass is 9.93. The molecular formula is C16H19ClN4O. The lowest BCUT2D eigenvalue weighted by Gasteiger charge is -2.38. The zero-order chi connectivity index (χ0) is 15.1. The van der Waals surface area contributed by atoms with Gasteiger partial charge in [-0.15, -0.1) is 0 Å². The molecule has 1 aromatic heterocycles. The number of nitrogens with one attached hydrogen (secondary N) is 1. The number of ether oxygens (including phenoxy) is 1. The van der Waals surface area contributed by atoms with Crippen LogP contribution in [0.15, 0.2) is 30.6 Å². The predicted molar refractivity (Wildman–Crippen MR) is 84.4 cm³/mol. The quantitative estimate of drug-likeness (QED) is 0.891. The summed E-state index contributed by atoms with van der Waals surface area (Å²) in [4.78, 5) is 9.93. The molecule has 3 heterocycles. The summed E-state index contributed by atoms with van der Waals surface area (Å²) in [6.45, 7) is 2.44. The van der Waals surface area contributed by atoms with E-state index in [9.17, 15) is 0 Å². The van der Waals surface area contributed by atoms with E-state index in [-0.39, 0.29) is 12.1 Å². The molecule has 1 saturated heterocycles. The first kappa shape index (κ1) is 14.2. The summed E-state index contributed by atoms with van der Waals surface area (Å²) in [5.41, 5.74) is 9.72. The molecule has 0 amide bonds. The Morgan fingerprint density at radius 3 is 2.95 bits per heavy atom. The molecule has 6 heteroatoms. The Morgan fingerprint density at radius 1 is 1.32 bits per heavy atom. The molecule has 3 atom stereocenters. The van der Waals surface area contributed by atoms with Gasteiger partial charge in [0.15, 0.2) is 0 Å². The SMILES string of the molecule is N[C@H]1C[C@@H](N2Cc3nc[nH]c3C2)CO[C@@H]1c1ccccc1Cl. The van der Waals surface area contributed by atoms with Crippen molar-refractivity contribution in [2.75, 3.05) is 6.61 Å². The summed E-state index contributed by atoms with van der Waals surface area (Å²) in [5, 5.41) is 0.724. The Bertz CT molecular complexity index is 653. The number of imidazole rings is 1. The van der Waals surface area contributed by atoms with Crippen LogP contribution in [0, 0.1) is 0 Å². The molecule has 0 radical (unpaired) electrons. The summed E-state index contributed by atoms with van der Waals surface area (Å²) in [6.07, 6.45) is 2.54. The number of aromatic nitrogens is 2. The molecule has 3 N–H and O–H groups in total. The average Bonchev–Trinajstić information content (AvgIpc) is 3.09. The maximum absolute atomic E-state index is 6.38. The number of hydrogen-bond acceptors (Lipinski definition) is 4. The highest BCUT2D eigenvalue weighted by Crippen LogP contribution is 2.34. The van der Waals surface area contributed by atoms with Crippen LogP contribution in [0.25, 0.3) is 0 Å². The molecular weight excluding hydrogens is 300 g/mol. The van der Waals surface area contributed by atoms with Gasteiger partial charge in [0.1, 0.15) is 0 Å². The number of fused-ring (bicyclic) bond motifs is 1. The second kappa shape index (κ2) is 5.66. The molecule has 2 aliphatic rings. The largest absolute Gasteiger partial charge is 0.370 e. The number of hydrogen-bond donors (Lipinski definition) is 2. The molecule has 5 nitrogen and oxygen atoms in total. The molecule has 0 bridgehead atoms. The molecule has 116 valence electrons. The van der Waals surface area contributed by atoms with E-state index < -0.39 is 0 Å². The fourth-order valence-electron chi connectivity index (χ4n) is 3.46. The van der Waals surface area contributed by atoms with Crippen LogP contribution >= 0.6 is 11.6 Å². The third kappa shape index (κ3) is 2.44. The molecule has 2 aliphatic heterocycles. The Balaban J connectivity index is 1.45. The van der Waals surface area contributed by atoms with Crippen LogP contribution in [0.2, 0.25) is 5.02 Å². The van der Waals surface area contributed by atoms with Gasteiger partial charge in [0, 0.05) is 35.8 Å². The second-order valence-corrected chi connectivity index (χ2v) is 6.47. The zero-order valence-corrected chi connectivity index (χ0v) is 13.0. The first-order valence-corrected chi connectivity index (χ1v) is 7.97. The van der Waals surface area contributed by atoms with Gasteiger partial charge >= 0.3 is 0 Å². The summed E-state index contributed by atoms with van der Waals surface area (Å²) in [7, 11) is 0. The van der Waals surface area contributed by atoms with Crippen LogP contribution in [0.1, 0.15) is 29.5 Å². The summed E-state index contributed by atoms with van der Waals surface area (Å²) >= 11 is 6.27. The topological polar surface area (TPSA) is 67.2 Å². The molecule has 1 fully saturated rings. The van der Waals surface area contributed by atoms with Crippen LogP contribution in [0.3, 0.4) is 0 Å². The van der Waals surface area contributed by atoms with E-state index in [1.807, 2.05) is 24.3 Å². The molecule has 0 spiro atoms. The fourth-order valence-corrected chi connectivity index (χ4v) is 3.70. The van der Waals surface area contributed by atoms with Crippen molar-refractivity contribution in [1.29, 1.82) is 0 Å². The molecule has 1 aromatic carbocycles. The smallest absolute Gasteiger partial charge is 0.0991 e. The van der Waals surface area contributed by atoms with Gasteiger partial charge in [-0.3, -0.25) is 4.90 Å². The first-order valence-electron chi connectivity index (χ1n) is 7.59. The molecule has 0 unspecified atom stereocenters. The minimum absolute atomic E-state index is 0.0504. The summed E-state index contributed by atoms with van der Waals surface area (Å²) in [5.74, 6) is 0. The monoisotopic (exact) mass is 318 g/mol. The van der Waals surface area contributed by atoms with Crippen LogP contribution in [0.4, 0.5) is 0 Å². The van der Waals surface area contributed by atoms with Gasteiger partial charge in [-0.2, -0.15) is 0 Å². The Morgan fingerprint density at radius 2 is 2.18 bits per heavy atom. The van der Waals surface area contributed by atoms with Crippen molar-refractivity contribution in [3.63, 3.8) is 0 Å². The van der Waals surface area contributed by atoms with Crippen molar-refractivity contribution >= 4 is 11.6 Å². The average molecular weight is 319 g/mol. The summed E-state index contributed by atoms with van der Waals surface area (Å²) < 4.78 is 6.08. The van der Waals surface area contributed by atoms with Gasteiger partial charge in [0.25, 0.3) is 0 Å². The maximum Gasteiger partial charge on any atom is 0.0991 e. The van der Waals surface area contributed by atoms with Crippen molar-refractivity contribution in [3.05, 3.63) is 52.6 Å². The first-order chi connectivity index (χ1) is 10.7. The van der Waals surface area contributed by atoms with E-state index in [1.54, 1.807) is 6.33 Å². The molecule has 0 saturated carbocycles. The predicted octanol–water partition coefficient (Wildman–Crippen LogP) is 2.24. The number of halogens is 1. The molecule has 0 aliphatic carbocycles. The van der Waals surface area contributed by atoms with Crippen LogP contribution in [-0.2, 0) is 17.8 Å². The Labute approximate surface area is 134 Å². The minimum Gasteiger partial charge on any atom is -0.370 e. The molecule has 4 rings (SSSR count). The summed E-state index contributed by atoms with van der Waals surface area (Å²) in [6, 6.07) is 8.06. The van der Waals surface area contributed by atoms with E-state index >= 15 is 0 Å². The van der Waals surface area contributed by atoms with Gasteiger partial charge in [0.05, 0.1) is 30.4 Å². The van der Waals surface area contributed by atoms with Crippen molar-refractivity contribution < 1.29 is 4.74 Å². The van der Waals surface area contributed by atoms with Gasteiger partial charge < -0.3 is 15.5 Å². The number of benzene rings is 1. The number of H-pyrrole nitrogens is 1. The number of rotatable bonds is 2. The number of nitrogens with zero attached hydrogens (tertiary/aromatic N) is 2. The van der Waals surface area contributed by atoms with Crippen molar-refractivity contribution in [1.82, 2.24) is 14.9 Å². The minimum atomic E-state index is -0.122. The van der Waals surface area contributed by atoms with Crippen LogP contribution < -0.4 is 5.73 Å². The second-order valence-electron chi connectivity index (χ2n) is 6.06. The normalized spacial score (nSPS) is 28.7. The molecule has 22 heavy (non-hydrogen) atoms. The van der Waals surface area contributed by atoms with Crippen molar-refractivity contribution in [2.45, 2.75) is 37.7 Å². The Hall–Kier alpha value is -1.40. The van der Waals surface area contributed by atoms with Gasteiger partial charge in [-0.05, 0) is 12.5 Å². The van der Waals surface area contributed by atoms with Crippen molar-refractivity contribution in [2.24, 2.45) is 5.73 Å². The lowest BCUT2D eigenvalue weighted by molar-refractivity contribution is -0.0519. The van der Waals surface area contributed by atoms with Crippen LogP contribution in [0.5, 0.6) is 0 Å². The van der Waals surface area contributed by atoms with Gasteiger partial charge in [-0.25, -0.2) is 4.98 Å². The van der Waals surface area contributed by atoms with Gasteiger partial charge in [-0.1, -0.05) is 29.8 Å². The third-order valence-corrected chi connectivity index (χ3v) is 5.00. The van der Waals surface area contributed by atoms with Gasteiger partial charge in [0.2, 0.25) is 0 Å². The highest BCUT2D eigenvalue weighted by molar-refractivity contribution is 6.31. The zero-order valence-electron chi connectivity index (χ0n) is 12.2. The fraction of sp³-hybridized carbons (Fsp3) is 0.438. The van der Waals surface area contributed by atoms with Crippen molar-refractivity contribution in [3.8, 4) is 0 Å². The van der Waals surface area contributed by atoms with E-state index in [0.717, 1.165) is 35.8 Å². The van der Waals surface area contributed by atoms with Crippen LogP contribution in [-0.4, -0.2) is 33.6 Å². The lowest BCUT2D eigenvalue weighted by Crippen LogP contribution is -2.47. The number of nitrogens with two attached hydrogens (primary N) is 1. The highest BCUT2D eigenvalue weighted by atomic mass is 35.5. The van der Waals surface area contributed by atoms with E-state index in [0.29, 0.717) is 12.6 Å². The third-order valence-electron chi connectivity index (χ3n) is 4.65. The van der Waals surface area contributed by atoms with E-state index in [4.69, 9.17) is 22.1 Å². The Kier molecular flexibility index (Phi) is 3.66. The van der Waals surface area contributed by atoms with E-state index in [2.05, 4.69) is 14.9 Å². The van der Waals surface area contributed by atoms with E-state index in [1.165, 1.54) is 5.69 Å². The highest BCUT2D eigenvalue weighted by Gasteiger charge is 2.36. The standard InChI is InChI=1S/C16H19ClN4O/c17-12-4-2-1-3-11(12)16-13(18)5-10(8-22-16)21-6-14-15(7-21)20-9-19-14/h1-4,9-10,13,16H,5-8,18H2,(H,19,20)/t10-,13+,16-/m1/s1. The number of aromatic amines is 1. The maximum atomic E-state index is 6.38. The molecule has 2 aromatic rings.